The molecule has 3 rings (SSSR count). The van der Waals surface area contributed by atoms with Gasteiger partial charge >= 0.3 is 0 Å². The van der Waals surface area contributed by atoms with Crippen molar-refractivity contribution in [3.05, 3.63) is 35.4 Å². The lowest BCUT2D eigenvalue weighted by atomic mass is 9.76. The second-order valence-electron chi connectivity index (χ2n) is 6.90. The largest absolute Gasteiger partial charge is 0.296 e. The molecular formula is C18H23NO2. The van der Waals surface area contributed by atoms with Gasteiger partial charge in [0.1, 0.15) is 0 Å². The average molecular weight is 285 g/mol. The number of amides is 2. The Balaban J connectivity index is 1.89. The average Bonchev–Trinajstić information content (AvgIpc) is 3.26. The molecule has 0 bridgehead atoms. The SMILES string of the molecule is CC(C)CC1C(=O)NC(=O)CC1c1cccc(C2CC2)c1. The maximum Gasteiger partial charge on any atom is 0.230 e. The number of piperidine rings is 1. The second-order valence-corrected chi connectivity index (χ2v) is 6.90. The molecule has 3 heteroatoms. The summed E-state index contributed by atoms with van der Waals surface area (Å²) in [7, 11) is 0. The number of carbonyl (C=O) groups is 2. The topological polar surface area (TPSA) is 46.2 Å². The zero-order valence-corrected chi connectivity index (χ0v) is 12.8. The maximum atomic E-state index is 12.2. The molecule has 112 valence electrons. The molecule has 3 nitrogen and oxygen atoms in total. The number of carbonyl (C=O) groups excluding carboxylic acids is 2. The Morgan fingerprint density at radius 2 is 1.90 bits per heavy atom. The van der Waals surface area contributed by atoms with Gasteiger partial charge < -0.3 is 0 Å². The number of rotatable bonds is 4. The second kappa shape index (κ2) is 5.63. The van der Waals surface area contributed by atoms with E-state index >= 15 is 0 Å². The molecule has 21 heavy (non-hydrogen) atoms. The number of benzene rings is 1. The van der Waals surface area contributed by atoms with Gasteiger partial charge in [0.25, 0.3) is 0 Å². The van der Waals surface area contributed by atoms with Gasteiger partial charge in [-0.1, -0.05) is 38.1 Å². The van der Waals surface area contributed by atoms with E-state index in [4.69, 9.17) is 0 Å². The van der Waals surface area contributed by atoms with Crippen LogP contribution < -0.4 is 5.32 Å². The highest BCUT2D eigenvalue weighted by Gasteiger charge is 2.37. The van der Waals surface area contributed by atoms with E-state index in [1.807, 2.05) is 0 Å². The molecule has 2 aliphatic rings. The molecule has 1 aliphatic heterocycles. The van der Waals surface area contributed by atoms with Gasteiger partial charge in [-0.15, -0.1) is 0 Å². The van der Waals surface area contributed by atoms with Gasteiger partial charge in [-0.25, -0.2) is 0 Å². The van der Waals surface area contributed by atoms with Gasteiger partial charge in [0, 0.05) is 18.3 Å². The Morgan fingerprint density at radius 1 is 1.19 bits per heavy atom. The molecule has 1 saturated carbocycles. The Labute approximate surface area is 126 Å². The number of hydrogen-bond donors (Lipinski definition) is 1. The fraction of sp³-hybridized carbons (Fsp3) is 0.556. The van der Waals surface area contributed by atoms with Crippen LogP contribution in [0.1, 0.15) is 62.5 Å². The van der Waals surface area contributed by atoms with Gasteiger partial charge in [0.2, 0.25) is 11.8 Å². The number of nitrogens with one attached hydrogen (secondary N) is 1. The third-order valence-electron chi connectivity index (χ3n) is 4.60. The maximum absolute atomic E-state index is 12.2. The first-order chi connectivity index (χ1) is 10.0. The molecule has 1 aromatic carbocycles. The van der Waals surface area contributed by atoms with Gasteiger partial charge in [-0.2, -0.15) is 0 Å². The van der Waals surface area contributed by atoms with Gasteiger partial charge in [-0.3, -0.25) is 14.9 Å². The van der Waals surface area contributed by atoms with Crippen LogP contribution in [0.4, 0.5) is 0 Å². The van der Waals surface area contributed by atoms with Gasteiger partial charge in [-0.05, 0) is 42.2 Å². The predicted molar refractivity (Wildman–Crippen MR) is 81.9 cm³/mol. The van der Waals surface area contributed by atoms with Crippen LogP contribution in [0, 0.1) is 11.8 Å². The van der Waals surface area contributed by atoms with Gasteiger partial charge in [0.05, 0.1) is 0 Å². The van der Waals surface area contributed by atoms with Crippen LogP contribution in [0.5, 0.6) is 0 Å². The predicted octanol–water partition coefficient (Wildman–Crippen LogP) is 3.36. The third kappa shape index (κ3) is 3.17. The van der Waals surface area contributed by atoms with Crippen LogP contribution in [-0.4, -0.2) is 11.8 Å². The van der Waals surface area contributed by atoms with Crippen molar-refractivity contribution in [1.29, 1.82) is 0 Å². The molecule has 1 saturated heterocycles. The lowest BCUT2D eigenvalue weighted by Crippen LogP contribution is -2.45. The van der Waals surface area contributed by atoms with Crippen molar-refractivity contribution in [3.8, 4) is 0 Å². The smallest absolute Gasteiger partial charge is 0.230 e. The van der Waals surface area contributed by atoms with Crippen molar-refractivity contribution in [2.45, 2.75) is 51.4 Å². The fourth-order valence-corrected chi connectivity index (χ4v) is 3.40. The summed E-state index contributed by atoms with van der Waals surface area (Å²) in [6.45, 7) is 4.25. The van der Waals surface area contributed by atoms with E-state index in [1.54, 1.807) is 0 Å². The van der Waals surface area contributed by atoms with Crippen molar-refractivity contribution in [3.63, 3.8) is 0 Å². The molecule has 2 fully saturated rings. The summed E-state index contributed by atoms with van der Waals surface area (Å²) < 4.78 is 0. The Kier molecular flexibility index (Phi) is 3.83. The summed E-state index contributed by atoms with van der Waals surface area (Å²) in [5, 5.41) is 2.51. The van der Waals surface area contributed by atoms with Crippen LogP contribution in [0.3, 0.4) is 0 Å². The van der Waals surface area contributed by atoms with Crippen LogP contribution in [0.2, 0.25) is 0 Å². The Morgan fingerprint density at radius 3 is 2.57 bits per heavy atom. The Hall–Kier alpha value is -1.64. The molecule has 1 aliphatic carbocycles. The van der Waals surface area contributed by atoms with Crippen molar-refractivity contribution >= 4 is 11.8 Å². The summed E-state index contributed by atoms with van der Waals surface area (Å²) in [6, 6.07) is 8.55. The fourth-order valence-electron chi connectivity index (χ4n) is 3.40. The van der Waals surface area contributed by atoms with E-state index in [2.05, 4.69) is 43.4 Å². The number of hydrogen-bond acceptors (Lipinski definition) is 2. The Bertz CT molecular complexity index is 560. The lowest BCUT2D eigenvalue weighted by Gasteiger charge is -2.31. The van der Waals surface area contributed by atoms with Crippen LogP contribution in [0.15, 0.2) is 24.3 Å². The quantitative estimate of drug-likeness (QED) is 0.862. The molecule has 0 aromatic heterocycles. The normalized spacial score (nSPS) is 26.0. The van der Waals surface area contributed by atoms with Crippen LogP contribution in [-0.2, 0) is 9.59 Å². The molecular weight excluding hydrogens is 262 g/mol. The zero-order valence-electron chi connectivity index (χ0n) is 12.8. The minimum atomic E-state index is -0.137. The molecule has 0 spiro atoms. The van der Waals surface area contributed by atoms with E-state index in [9.17, 15) is 9.59 Å². The molecule has 2 unspecified atom stereocenters. The molecule has 1 heterocycles. The zero-order chi connectivity index (χ0) is 15.0. The van der Waals surface area contributed by atoms with Gasteiger partial charge in [0.15, 0.2) is 0 Å². The van der Waals surface area contributed by atoms with E-state index < -0.39 is 0 Å². The molecule has 1 aromatic rings. The first-order valence-electron chi connectivity index (χ1n) is 7.98. The summed E-state index contributed by atoms with van der Waals surface area (Å²) in [4.78, 5) is 24.0. The van der Waals surface area contributed by atoms with E-state index in [1.165, 1.54) is 18.4 Å². The third-order valence-corrected chi connectivity index (χ3v) is 4.60. The van der Waals surface area contributed by atoms with Crippen LogP contribution >= 0.6 is 0 Å². The minimum absolute atomic E-state index is 0.0346. The first kappa shape index (κ1) is 14.3. The highest BCUT2D eigenvalue weighted by Crippen LogP contribution is 2.42. The monoisotopic (exact) mass is 285 g/mol. The van der Waals surface area contributed by atoms with Crippen molar-refractivity contribution in [2.24, 2.45) is 11.8 Å². The molecule has 2 atom stereocenters. The van der Waals surface area contributed by atoms with E-state index in [0.717, 1.165) is 12.0 Å². The first-order valence-corrected chi connectivity index (χ1v) is 7.98. The van der Waals surface area contributed by atoms with Crippen molar-refractivity contribution in [1.82, 2.24) is 5.32 Å². The summed E-state index contributed by atoms with van der Waals surface area (Å²) in [6.07, 6.45) is 3.79. The summed E-state index contributed by atoms with van der Waals surface area (Å²) >= 11 is 0. The van der Waals surface area contributed by atoms with Crippen molar-refractivity contribution in [2.75, 3.05) is 0 Å². The standard InChI is InChI=1S/C18H23NO2/c1-11(2)8-16-15(10-17(20)19-18(16)21)14-5-3-4-13(9-14)12-6-7-12/h3-5,9,11-12,15-16H,6-8,10H2,1-2H3,(H,19,20,21). The minimum Gasteiger partial charge on any atom is -0.296 e. The van der Waals surface area contributed by atoms with Crippen molar-refractivity contribution < 1.29 is 9.59 Å². The number of imide groups is 1. The van der Waals surface area contributed by atoms with E-state index in [0.29, 0.717) is 18.3 Å². The molecule has 1 N–H and O–H groups in total. The van der Waals surface area contributed by atoms with E-state index in [-0.39, 0.29) is 23.7 Å². The summed E-state index contributed by atoms with van der Waals surface area (Å²) in [5.74, 6) is 0.859. The molecule has 0 radical (unpaired) electrons. The lowest BCUT2D eigenvalue weighted by molar-refractivity contribution is -0.137. The highest BCUT2D eigenvalue weighted by atomic mass is 16.2. The van der Waals surface area contributed by atoms with Crippen LogP contribution in [0.25, 0.3) is 0 Å². The molecule has 2 amide bonds. The highest BCUT2D eigenvalue weighted by molar-refractivity contribution is 5.99. The summed E-state index contributed by atoms with van der Waals surface area (Å²) in [5.41, 5.74) is 2.53.